The summed E-state index contributed by atoms with van der Waals surface area (Å²) in [5, 5.41) is 16.5. The molecule has 158 valence electrons. The molecule has 0 fully saturated rings. The summed E-state index contributed by atoms with van der Waals surface area (Å²) < 4.78 is 5.56. The maximum atomic E-state index is 9.20. The molecule has 5 heteroatoms. The second-order valence-corrected chi connectivity index (χ2v) is 7.82. The van der Waals surface area contributed by atoms with Crippen LogP contribution < -0.4 is 15.4 Å². The molecule has 0 saturated carbocycles. The van der Waals surface area contributed by atoms with Crippen LogP contribution in [0.25, 0.3) is 11.1 Å². The van der Waals surface area contributed by atoms with Gasteiger partial charge in [-0.1, -0.05) is 60.1 Å². The summed E-state index contributed by atoms with van der Waals surface area (Å²) in [5.74, 6) is 0.759. The molecule has 0 amide bonds. The Balaban J connectivity index is 1.77. The molecule has 0 aliphatic rings. The highest BCUT2D eigenvalue weighted by atomic mass is 35.5. The molecule has 0 radical (unpaired) electrons. The number of benzene rings is 3. The van der Waals surface area contributed by atoms with Gasteiger partial charge in [0.15, 0.2) is 0 Å². The summed E-state index contributed by atoms with van der Waals surface area (Å²) in [6.07, 6.45) is 0. The van der Waals surface area contributed by atoms with E-state index in [0.29, 0.717) is 18.1 Å². The Morgan fingerprint density at radius 1 is 1.00 bits per heavy atom. The number of halogens is 1. The number of hydrogen-bond donors (Lipinski definition) is 3. The van der Waals surface area contributed by atoms with Crippen molar-refractivity contribution in [3.05, 3.63) is 82.4 Å². The lowest BCUT2D eigenvalue weighted by Crippen LogP contribution is -2.28. The van der Waals surface area contributed by atoms with Gasteiger partial charge in [-0.3, -0.25) is 0 Å². The fourth-order valence-electron chi connectivity index (χ4n) is 3.40. The van der Waals surface area contributed by atoms with Gasteiger partial charge in [0, 0.05) is 30.8 Å². The molecule has 0 saturated heterocycles. The molecule has 0 aromatic heterocycles. The third-order valence-corrected chi connectivity index (χ3v) is 5.60. The van der Waals surface area contributed by atoms with Crippen molar-refractivity contribution >= 4 is 17.3 Å². The van der Waals surface area contributed by atoms with Gasteiger partial charge in [-0.15, -0.1) is 0 Å². The van der Waals surface area contributed by atoms with E-state index >= 15 is 0 Å². The van der Waals surface area contributed by atoms with E-state index in [-0.39, 0.29) is 12.6 Å². The van der Waals surface area contributed by atoms with Crippen molar-refractivity contribution in [2.45, 2.75) is 33.0 Å². The molecule has 3 N–H and O–H groups in total. The van der Waals surface area contributed by atoms with Gasteiger partial charge in [-0.05, 0) is 42.2 Å². The Kier molecular flexibility index (Phi) is 7.75. The van der Waals surface area contributed by atoms with E-state index in [1.807, 2.05) is 25.1 Å². The second-order valence-electron chi connectivity index (χ2n) is 7.42. The van der Waals surface area contributed by atoms with Gasteiger partial charge in [-0.25, -0.2) is 0 Å². The standard InChI is InChI=1S/C25H29ClN2O2/c1-17(16-29)27-15-21-12-23(26)24(13-25(21)30-3)28-14-20-10-7-11-22(18(20)2)19-8-5-4-6-9-19/h4-13,17,27-29H,14-16H2,1-3H3/t17-/m0/s1. The first-order valence-corrected chi connectivity index (χ1v) is 10.5. The number of hydrogen-bond acceptors (Lipinski definition) is 4. The van der Waals surface area contributed by atoms with Crippen molar-refractivity contribution in [1.82, 2.24) is 5.32 Å². The van der Waals surface area contributed by atoms with Crippen LogP contribution in [0, 0.1) is 6.92 Å². The number of nitrogens with one attached hydrogen (secondary N) is 2. The van der Waals surface area contributed by atoms with Crippen LogP contribution in [-0.2, 0) is 13.1 Å². The van der Waals surface area contributed by atoms with Gasteiger partial charge >= 0.3 is 0 Å². The van der Waals surface area contributed by atoms with E-state index in [1.54, 1.807) is 7.11 Å². The highest BCUT2D eigenvalue weighted by molar-refractivity contribution is 6.33. The van der Waals surface area contributed by atoms with Crippen LogP contribution in [0.5, 0.6) is 5.75 Å². The molecule has 30 heavy (non-hydrogen) atoms. The normalized spacial score (nSPS) is 11.9. The number of aliphatic hydroxyl groups excluding tert-OH is 1. The topological polar surface area (TPSA) is 53.5 Å². The van der Waals surface area contributed by atoms with Gasteiger partial charge in [0.1, 0.15) is 5.75 Å². The predicted molar refractivity (Wildman–Crippen MR) is 125 cm³/mol. The summed E-state index contributed by atoms with van der Waals surface area (Å²) >= 11 is 6.55. The zero-order valence-electron chi connectivity index (χ0n) is 17.7. The van der Waals surface area contributed by atoms with Gasteiger partial charge in [-0.2, -0.15) is 0 Å². The largest absolute Gasteiger partial charge is 0.496 e. The van der Waals surface area contributed by atoms with Crippen LogP contribution in [0.4, 0.5) is 5.69 Å². The maximum Gasteiger partial charge on any atom is 0.125 e. The van der Waals surface area contributed by atoms with Gasteiger partial charge in [0.25, 0.3) is 0 Å². The SMILES string of the molecule is COc1cc(NCc2cccc(-c3ccccc3)c2C)c(Cl)cc1CN[C@@H](C)CO. The second kappa shape index (κ2) is 10.5. The maximum absolute atomic E-state index is 9.20. The third kappa shape index (κ3) is 5.33. The zero-order valence-corrected chi connectivity index (χ0v) is 18.5. The van der Waals surface area contributed by atoms with Crippen LogP contribution in [0.2, 0.25) is 5.02 Å². The number of ether oxygens (including phenoxy) is 1. The minimum absolute atomic E-state index is 0.00569. The van der Waals surface area contributed by atoms with Gasteiger partial charge in [0.05, 0.1) is 24.4 Å². The smallest absolute Gasteiger partial charge is 0.125 e. The van der Waals surface area contributed by atoms with Crippen molar-refractivity contribution in [2.24, 2.45) is 0 Å². The van der Waals surface area contributed by atoms with E-state index < -0.39 is 0 Å². The van der Waals surface area contributed by atoms with Crippen LogP contribution >= 0.6 is 11.6 Å². The lowest BCUT2D eigenvalue weighted by atomic mass is 9.96. The van der Waals surface area contributed by atoms with E-state index in [1.165, 1.54) is 22.3 Å². The number of aliphatic hydroxyl groups is 1. The number of rotatable bonds is 9. The summed E-state index contributed by atoms with van der Waals surface area (Å²) in [5.41, 5.74) is 6.70. The van der Waals surface area contributed by atoms with E-state index in [4.69, 9.17) is 16.3 Å². The molecule has 3 aromatic rings. The lowest BCUT2D eigenvalue weighted by molar-refractivity contribution is 0.250. The van der Waals surface area contributed by atoms with Crippen LogP contribution in [0.1, 0.15) is 23.6 Å². The average molecular weight is 425 g/mol. The van der Waals surface area contributed by atoms with Crippen LogP contribution in [0.15, 0.2) is 60.7 Å². The molecule has 0 aliphatic heterocycles. The molecule has 0 bridgehead atoms. The fourth-order valence-corrected chi connectivity index (χ4v) is 3.66. The van der Waals surface area contributed by atoms with Gasteiger partial charge < -0.3 is 20.5 Å². The molecule has 0 spiro atoms. The van der Waals surface area contributed by atoms with Crippen LogP contribution in [-0.4, -0.2) is 24.9 Å². The monoisotopic (exact) mass is 424 g/mol. The molecular formula is C25H29ClN2O2. The Labute approximate surface area is 183 Å². The lowest BCUT2D eigenvalue weighted by Gasteiger charge is -2.17. The number of methoxy groups -OCH3 is 1. The predicted octanol–water partition coefficient (Wildman–Crippen LogP) is 5.41. The fraction of sp³-hybridized carbons (Fsp3) is 0.280. The first kappa shape index (κ1) is 22.2. The van der Waals surface area contributed by atoms with Crippen molar-refractivity contribution in [3.63, 3.8) is 0 Å². The van der Waals surface area contributed by atoms with Crippen molar-refractivity contribution in [1.29, 1.82) is 0 Å². The minimum atomic E-state index is 0.00569. The van der Waals surface area contributed by atoms with E-state index in [2.05, 4.69) is 60.0 Å². The molecule has 3 rings (SSSR count). The summed E-state index contributed by atoms with van der Waals surface area (Å²) in [4.78, 5) is 0. The summed E-state index contributed by atoms with van der Waals surface area (Å²) in [6, 6.07) is 20.6. The molecule has 0 heterocycles. The van der Waals surface area contributed by atoms with Crippen molar-refractivity contribution < 1.29 is 9.84 Å². The highest BCUT2D eigenvalue weighted by Gasteiger charge is 2.12. The summed E-state index contributed by atoms with van der Waals surface area (Å²) in [6.45, 7) is 5.39. The molecule has 4 nitrogen and oxygen atoms in total. The van der Waals surface area contributed by atoms with Crippen molar-refractivity contribution in [2.75, 3.05) is 19.0 Å². The van der Waals surface area contributed by atoms with Gasteiger partial charge in [0.2, 0.25) is 0 Å². The Morgan fingerprint density at radius 2 is 1.77 bits per heavy atom. The Morgan fingerprint density at radius 3 is 2.47 bits per heavy atom. The summed E-state index contributed by atoms with van der Waals surface area (Å²) in [7, 11) is 1.65. The molecule has 1 atom stereocenters. The first-order valence-electron chi connectivity index (χ1n) is 10.1. The zero-order chi connectivity index (χ0) is 21.5. The molecule has 3 aromatic carbocycles. The average Bonchev–Trinajstić information content (AvgIpc) is 2.78. The molecule has 0 aliphatic carbocycles. The Bertz CT molecular complexity index is 976. The van der Waals surface area contributed by atoms with E-state index in [9.17, 15) is 5.11 Å². The quantitative estimate of drug-likeness (QED) is 0.430. The first-order chi connectivity index (χ1) is 14.5. The third-order valence-electron chi connectivity index (χ3n) is 5.28. The minimum Gasteiger partial charge on any atom is -0.496 e. The van der Waals surface area contributed by atoms with E-state index in [0.717, 1.165) is 17.0 Å². The molecule has 0 unspecified atom stereocenters. The Hall–Kier alpha value is -2.53. The molecular weight excluding hydrogens is 396 g/mol. The van der Waals surface area contributed by atoms with Crippen molar-refractivity contribution in [3.8, 4) is 16.9 Å². The highest BCUT2D eigenvalue weighted by Crippen LogP contribution is 2.32. The van der Waals surface area contributed by atoms with Crippen LogP contribution in [0.3, 0.4) is 0 Å². The number of anilines is 1.